The number of hydrogen-bond acceptors (Lipinski definition) is 2. The van der Waals surface area contributed by atoms with E-state index in [1.807, 2.05) is 4.68 Å². The molecule has 0 aromatic carbocycles. The fraction of sp³-hybridized carbons (Fsp3) is 0.750. The van der Waals surface area contributed by atoms with E-state index in [1.165, 1.54) is 6.42 Å². The van der Waals surface area contributed by atoms with Crippen LogP contribution in [-0.2, 0) is 6.54 Å². The van der Waals surface area contributed by atoms with E-state index in [2.05, 4.69) is 25.9 Å². The number of aromatic nitrogens is 2. The first kappa shape index (κ1) is 11.9. The molecule has 2 N–H and O–H groups in total. The third kappa shape index (κ3) is 1.98. The highest BCUT2D eigenvalue weighted by Crippen LogP contribution is 2.57. The standard InChI is InChI=1S/C12H20ClN3/c1-4-5-16-11(9(13)7-15-16)10(14)8-6-12(8,2)3/h7-8,10H,4-6,14H2,1-3H3. The monoisotopic (exact) mass is 241 g/mol. The summed E-state index contributed by atoms with van der Waals surface area (Å²) in [6.45, 7) is 7.53. The Labute approximate surface area is 102 Å². The lowest BCUT2D eigenvalue weighted by Crippen LogP contribution is -2.20. The van der Waals surface area contributed by atoms with E-state index in [0.29, 0.717) is 16.4 Å². The molecule has 1 aromatic rings. The normalized spacial score (nSPS) is 24.4. The van der Waals surface area contributed by atoms with E-state index >= 15 is 0 Å². The molecule has 90 valence electrons. The largest absolute Gasteiger partial charge is 0.322 e. The minimum Gasteiger partial charge on any atom is -0.322 e. The second-order valence-corrected chi connectivity index (χ2v) is 5.83. The first-order valence-corrected chi connectivity index (χ1v) is 6.32. The van der Waals surface area contributed by atoms with Crippen molar-refractivity contribution >= 4 is 11.6 Å². The Morgan fingerprint density at radius 1 is 1.69 bits per heavy atom. The van der Waals surface area contributed by atoms with Crippen LogP contribution in [0.5, 0.6) is 0 Å². The summed E-state index contributed by atoms with van der Waals surface area (Å²) >= 11 is 6.18. The summed E-state index contributed by atoms with van der Waals surface area (Å²) in [6.07, 6.45) is 3.94. The van der Waals surface area contributed by atoms with Gasteiger partial charge in [-0.1, -0.05) is 32.4 Å². The summed E-state index contributed by atoms with van der Waals surface area (Å²) in [5, 5.41) is 5.00. The van der Waals surface area contributed by atoms with E-state index in [0.717, 1.165) is 18.7 Å². The van der Waals surface area contributed by atoms with Gasteiger partial charge in [-0.25, -0.2) is 0 Å². The van der Waals surface area contributed by atoms with Crippen LogP contribution in [-0.4, -0.2) is 9.78 Å². The molecule has 1 aliphatic rings. The quantitative estimate of drug-likeness (QED) is 0.881. The smallest absolute Gasteiger partial charge is 0.0834 e. The van der Waals surface area contributed by atoms with Crippen molar-refractivity contribution in [1.82, 2.24) is 9.78 Å². The molecule has 16 heavy (non-hydrogen) atoms. The van der Waals surface area contributed by atoms with Crippen molar-refractivity contribution in [3.8, 4) is 0 Å². The van der Waals surface area contributed by atoms with E-state index in [4.69, 9.17) is 17.3 Å². The minimum absolute atomic E-state index is 0.0246. The number of nitrogens with zero attached hydrogens (tertiary/aromatic N) is 2. The summed E-state index contributed by atoms with van der Waals surface area (Å²) < 4.78 is 1.96. The number of aryl methyl sites for hydroxylation is 1. The molecule has 0 spiro atoms. The average Bonchev–Trinajstić information content (AvgIpc) is 2.68. The number of hydrogen-bond donors (Lipinski definition) is 1. The van der Waals surface area contributed by atoms with Gasteiger partial charge in [-0.05, 0) is 24.2 Å². The van der Waals surface area contributed by atoms with Gasteiger partial charge in [-0.3, -0.25) is 4.68 Å². The minimum atomic E-state index is 0.0246. The van der Waals surface area contributed by atoms with E-state index < -0.39 is 0 Å². The van der Waals surface area contributed by atoms with Crippen LogP contribution < -0.4 is 5.73 Å². The molecule has 2 atom stereocenters. The fourth-order valence-corrected chi connectivity index (χ4v) is 2.67. The molecular formula is C12H20ClN3. The lowest BCUT2D eigenvalue weighted by atomic mass is 10.0. The topological polar surface area (TPSA) is 43.8 Å². The molecule has 0 saturated heterocycles. The second kappa shape index (κ2) is 4.04. The van der Waals surface area contributed by atoms with Gasteiger partial charge >= 0.3 is 0 Å². The first-order valence-electron chi connectivity index (χ1n) is 5.94. The maximum absolute atomic E-state index is 6.31. The molecular weight excluding hydrogens is 222 g/mol. The van der Waals surface area contributed by atoms with Crippen LogP contribution in [0, 0.1) is 11.3 Å². The van der Waals surface area contributed by atoms with Crippen molar-refractivity contribution in [2.75, 3.05) is 0 Å². The van der Waals surface area contributed by atoms with Crippen LogP contribution in [0.25, 0.3) is 0 Å². The number of rotatable bonds is 4. The third-order valence-corrected chi connectivity index (χ3v) is 3.90. The van der Waals surface area contributed by atoms with Gasteiger partial charge in [-0.15, -0.1) is 0 Å². The summed E-state index contributed by atoms with van der Waals surface area (Å²) in [5.41, 5.74) is 7.69. The van der Waals surface area contributed by atoms with Gasteiger partial charge in [0.05, 0.1) is 23.0 Å². The Morgan fingerprint density at radius 2 is 2.31 bits per heavy atom. The van der Waals surface area contributed by atoms with Gasteiger partial charge < -0.3 is 5.73 Å². The van der Waals surface area contributed by atoms with Crippen molar-refractivity contribution in [2.24, 2.45) is 17.1 Å². The molecule has 0 radical (unpaired) electrons. The Bertz CT molecular complexity index is 384. The summed E-state index contributed by atoms with van der Waals surface area (Å²) in [5.74, 6) is 0.539. The molecule has 0 amide bonds. The SMILES string of the molecule is CCCn1ncc(Cl)c1C(N)C1CC1(C)C. The van der Waals surface area contributed by atoms with Gasteiger partial charge in [-0.2, -0.15) is 5.10 Å². The molecule has 2 unspecified atom stereocenters. The van der Waals surface area contributed by atoms with Gasteiger partial charge in [0.2, 0.25) is 0 Å². The molecule has 1 aromatic heterocycles. The first-order chi connectivity index (χ1) is 7.47. The zero-order chi connectivity index (χ0) is 11.9. The summed E-state index contributed by atoms with van der Waals surface area (Å²) in [7, 11) is 0. The summed E-state index contributed by atoms with van der Waals surface area (Å²) in [4.78, 5) is 0. The number of nitrogens with two attached hydrogens (primary N) is 1. The van der Waals surface area contributed by atoms with Gasteiger partial charge in [0, 0.05) is 6.54 Å². The molecule has 0 aliphatic heterocycles. The van der Waals surface area contributed by atoms with Gasteiger partial charge in [0.25, 0.3) is 0 Å². The highest BCUT2D eigenvalue weighted by Gasteiger charge is 2.50. The van der Waals surface area contributed by atoms with E-state index in [-0.39, 0.29) is 6.04 Å². The third-order valence-electron chi connectivity index (χ3n) is 3.61. The van der Waals surface area contributed by atoms with Crippen LogP contribution in [0.2, 0.25) is 5.02 Å². The molecule has 2 rings (SSSR count). The zero-order valence-electron chi connectivity index (χ0n) is 10.2. The van der Waals surface area contributed by atoms with Crippen LogP contribution in [0.4, 0.5) is 0 Å². The Hall–Kier alpha value is -0.540. The average molecular weight is 242 g/mol. The van der Waals surface area contributed by atoms with Crippen molar-refractivity contribution < 1.29 is 0 Å². The Morgan fingerprint density at radius 3 is 2.81 bits per heavy atom. The van der Waals surface area contributed by atoms with Crippen LogP contribution in [0.3, 0.4) is 0 Å². The molecule has 1 aliphatic carbocycles. The van der Waals surface area contributed by atoms with Gasteiger partial charge in [0.15, 0.2) is 0 Å². The van der Waals surface area contributed by atoms with Crippen molar-refractivity contribution in [3.05, 3.63) is 16.9 Å². The maximum Gasteiger partial charge on any atom is 0.0834 e. The molecule has 1 fully saturated rings. The molecule has 1 heterocycles. The van der Waals surface area contributed by atoms with Crippen molar-refractivity contribution in [3.63, 3.8) is 0 Å². The Kier molecular flexibility index (Phi) is 3.01. The van der Waals surface area contributed by atoms with E-state index in [9.17, 15) is 0 Å². The predicted molar refractivity (Wildman–Crippen MR) is 66.3 cm³/mol. The second-order valence-electron chi connectivity index (χ2n) is 5.43. The number of halogens is 1. The van der Waals surface area contributed by atoms with Crippen LogP contribution in [0.1, 0.15) is 45.3 Å². The molecule has 3 nitrogen and oxygen atoms in total. The van der Waals surface area contributed by atoms with Crippen LogP contribution >= 0.6 is 11.6 Å². The lowest BCUT2D eigenvalue weighted by molar-refractivity contribution is 0.454. The molecule has 1 saturated carbocycles. The van der Waals surface area contributed by atoms with Crippen LogP contribution in [0.15, 0.2) is 6.20 Å². The molecule has 0 bridgehead atoms. The maximum atomic E-state index is 6.31. The Balaban J connectivity index is 2.22. The lowest BCUT2D eigenvalue weighted by Gasteiger charge is -2.16. The van der Waals surface area contributed by atoms with Gasteiger partial charge in [0.1, 0.15) is 0 Å². The molecule has 4 heteroatoms. The zero-order valence-corrected chi connectivity index (χ0v) is 11.0. The highest BCUT2D eigenvalue weighted by molar-refractivity contribution is 6.31. The fourth-order valence-electron chi connectivity index (χ4n) is 2.40. The summed E-state index contributed by atoms with van der Waals surface area (Å²) in [6, 6.07) is 0.0246. The van der Waals surface area contributed by atoms with Crippen molar-refractivity contribution in [2.45, 2.75) is 46.2 Å². The predicted octanol–water partition coefficient (Wildman–Crippen LogP) is 2.99. The van der Waals surface area contributed by atoms with Crippen molar-refractivity contribution in [1.29, 1.82) is 0 Å². The van der Waals surface area contributed by atoms with E-state index in [1.54, 1.807) is 6.20 Å². The highest BCUT2D eigenvalue weighted by atomic mass is 35.5.